The van der Waals surface area contributed by atoms with Gasteiger partial charge < -0.3 is 10.4 Å². The summed E-state index contributed by atoms with van der Waals surface area (Å²) in [7, 11) is 0. The number of carboxylic acids is 1. The molecule has 0 aliphatic heterocycles. The van der Waals surface area contributed by atoms with Gasteiger partial charge in [-0.05, 0) is 13.0 Å². The van der Waals surface area contributed by atoms with Crippen molar-refractivity contribution in [3.05, 3.63) is 51.7 Å². The SMILES string of the molecule is Cc1ncsc1C(=O)N[C@H](C(=O)O)c1ccccc1F. The van der Waals surface area contributed by atoms with Crippen LogP contribution in [0.5, 0.6) is 0 Å². The zero-order valence-corrected chi connectivity index (χ0v) is 11.3. The number of aromatic nitrogens is 1. The van der Waals surface area contributed by atoms with Crippen molar-refractivity contribution in [2.24, 2.45) is 0 Å². The summed E-state index contributed by atoms with van der Waals surface area (Å²) in [6, 6.07) is 4.00. The Morgan fingerprint density at radius 1 is 1.40 bits per heavy atom. The summed E-state index contributed by atoms with van der Waals surface area (Å²) in [5.41, 5.74) is 1.91. The summed E-state index contributed by atoms with van der Waals surface area (Å²) < 4.78 is 13.6. The molecule has 0 spiro atoms. The Hall–Kier alpha value is -2.28. The Bertz CT molecular complexity index is 657. The van der Waals surface area contributed by atoms with Crippen molar-refractivity contribution in [3.8, 4) is 0 Å². The second kappa shape index (κ2) is 5.79. The van der Waals surface area contributed by atoms with Crippen molar-refractivity contribution >= 4 is 23.2 Å². The highest BCUT2D eigenvalue weighted by molar-refractivity contribution is 7.11. The molecular weight excluding hydrogens is 283 g/mol. The van der Waals surface area contributed by atoms with Gasteiger partial charge in [0, 0.05) is 5.56 Å². The standard InChI is InChI=1S/C13H11FN2O3S/c1-7-11(20-6-15-7)12(17)16-10(13(18)19)8-4-2-3-5-9(8)14/h2-6,10H,1H3,(H,16,17)(H,18,19)/t10-/m0/s1. The molecule has 1 atom stereocenters. The van der Waals surface area contributed by atoms with Crippen LogP contribution in [0.1, 0.15) is 27.0 Å². The van der Waals surface area contributed by atoms with E-state index in [2.05, 4.69) is 10.3 Å². The van der Waals surface area contributed by atoms with Crippen LogP contribution in [0.3, 0.4) is 0 Å². The lowest BCUT2D eigenvalue weighted by Gasteiger charge is -2.15. The van der Waals surface area contributed by atoms with Crippen LogP contribution in [0.2, 0.25) is 0 Å². The molecule has 0 saturated carbocycles. The summed E-state index contributed by atoms with van der Waals surface area (Å²) in [5.74, 6) is -2.59. The third-order valence-electron chi connectivity index (χ3n) is 2.69. The third-order valence-corrected chi connectivity index (χ3v) is 3.62. The van der Waals surface area contributed by atoms with E-state index in [1.54, 1.807) is 6.92 Å². The molecule has 0 bridgehead atoms. The van der Waals surface area contributed by atoms with Crippen molar-refractivity contribution in [3.63, 3.8) is 0 Å². The number of carbonyl (C=O) groups is 2. The van der Waals surface area contributed by atoms with Crippen LogP contribution in [-0.4, -0.2) is 22.0 Å². The normalized spacial score (nSPS) is 11.9. The van der Waals surface area contributed by atoms with Gasteiger partial charge in [0.15, 0.2) is 6.04 Å². The smallest absolute Gasteiger partial charge is 0.331 e. The predicted molar refractivity (Wildman–Crippen MR) is 71.1 cm³/mol. The number of hydrogen-bond donors (Lipinski definition) is 2. The number of amides is 1. The lowest BCUT2D eigenvalue weighted by atomic mass is 10.1. The zero-order valence-electron chi connectivity index (χ0n) is 10.5. The first-order chi connectivity index (χ1) is 9.50. The molecule has 0 radical (unpaired) electrons. The second-order valence-electron chi connectivity index (χ2n) is 4.03. The number of nitrogens with one attached hydrogen (secondary N) is 1. The van der Waals surface area contributed by atoms with Crippen LogP contribution in [0.15, 0.2) is 29.8 Å². The van der Waals surface area contributed by atoms with Gasteiger partial charge in [-0.15, -0.1) is 11.3 Å². The van der Waals surface area contributed by atoms with Crippen LogP contribution in [0, 0.1) is 12.7 Å². The van der Waals surface area contributed by atoms with Crippen molar-refractivity contribution in [1.29, 1.82) is 0 Å². The molecule has 0 unspecified atom stereocenters. The van der Waals surface area contributed by atoms with E-state index in [0.29, 0.717) is 10.6 Å². The number of benzene rings is 1. The number of carboxylic acid groups (broad SMARTS) is 1. The lowest BCUT2D eigenvalue weighted by molar-refractivity contribution is -0.139. The number of carbonyl (C=O) groups excluding carboxylic acids is 1. The quantitative estimate of drug-likeness (QED) is 0.905. The number of hydrogen-bond acceptors (Lipinski definition) is 4. The first kappa shape index (κ1) is 14.1. The molecule has 20 heavy (non-hydrogen) atoms. The summed E-state index contributed by atoms with van der Waals surface area (Å²) in [6.45, 7) is 1.64. The van der Waals surface area contributed by atoms with Crippen LogP contribution in [0.4, 0.5) is 4.39 Å². The van der Waals surface area contributed by atoms with E-state index >= 15 is 0 Å². The molecule has 7 heteroatoms. The maximum Gasteiger partial charge on any atom is 0.331 e. The van der Waals surface area contributed by atoms with E-state index in [-0.39, 0.29) is 5.56 Å². The molecular formula is C13H11FN2O3S. The van der Waals surface area contributed by atoms with Crippen molar-refractivity contribution in [2.75, 3.05) is 0 Å². The number of aliphatic carboxylic acids is 1. The molecule has 2 aromatic rings. The number of halogens is 1. The monoisotopic (exact) mass is 294 g/mol. The molecule has 2 N–H and O–H groups in total. The topological polar surface area (TPSA) is 79.3 Å². The van der Waals surface area contributed by atoms with Gasteiger partial charge in [-0.3, -0.25) is 4.79 Å². The zero-order chi connectivity index (χ0) is 14.7. The van der Waals surface area contributed by atoms with Gasteiger partial charge in [0.05, 0.1) is 11.2 Å². The van der Waals surface area contributed by atoms with Crippen LogP contribution < -0.4 is 5.32 Å². The maximum absolute atomic E-state index is 13.6. The average molecular weight is 294 g/mol. The number of rotatable bonds is 4. The third kappa shape index (κ3) is 2.83. The average Bonchev–Trinajstić information content (AvgIpc) is 2.83. The molecule has 1 heterocycles. The molecule has 1 amide bonds. The van der Waals surface area contributed by atoms with Crippen molar-refractivity contribution < 1.29 is 19.1 Å². The molecule has 2 rings (SSSR count). The number of nitrogens with zero attached hydrogens (tertiary/aromatic N) is 1. The Morgan fingerprint density at radius 2 is 2.10 bits per heavy atom. The van der Waals surface area contributed by atoms with Gasteiger partial charge in [0.25, 0.3) is 5.91 Å². The van der Waals surface area contributed by atoms with E-state index in [4.69, 9.17) is 0 Å². The highest BCUT2D eigenvalue weighted by atomic mass is 32.1. The van der Waals surface area contributed by atoms with Gasteiger partial charge in [-0.25, -0.2) is 14.2 Å². The summed E-state index contributed by atoms with van der Waals surface area (Å²) in [5, 5.41) is 11.5. The summed E-state index contributed by atoms with van der Waals surface area (Å²) in [6.07, 6.45) is 0. The van der Waals surface area contributed by atoms with E-state index < -0.39 is 23.7 Å². The van der Waals surface area contributed by atoms with E-state index in [0.717, 1.165) is 17.4 Å². The van der Waals surface area contributed by atoms with Gasteiger partial charge in [-0.2, -0.15) is 0 Å². The molecule has 0 saturated heterocycles. The van der Waals surface area contributed by atoms with Gasteiger partial charge >= 0.3 is 5.97 Å². The molecule has 104 valence electrons. The molecule has 5 nitrogen and oxygen atoms in total. The van der Waals surface area contributed by atoms with E-state index in [1.807, 2.05) is 0 Å². The maximum atomic E-state index is 13.6. The molecule has 1 aromatic carbocycles. The fourth-order valence-electron chi connectivity index (χ4n) is 1.70. The lowest BCUT2D eigenvalue weighted by Crippen LogP contribution is -2.34. The molecule has 0 aliphatic carbocycles. The van der Waals surface area contributed by atoms with Crippen molar-refractivity contribution in [2.45, 2.75) is 13.0 Å². The Balaban J connectivity index is 2.28. The van der Waals surface area contributed by atoms with Crippen molar-refractivity contribution in [1.82, 2.24) is 10.3 Å². The van der Waals surface area contributed by atoms with E-state index in [9.17, 15) is 19.1 Å². The highest BCUT2D eigenvalue weighted by Crippen LogP contribution is 2.19. The Kier molecular flexibility index (Phi) is 4.09. The Labute approximate surface area is 118 Å². The van der Waals surface area contributed by atoms with Gasteiger partial charge in [-0.1, -0.05) is 18.2 Å². The van der Waals surface area contributed by atoms with Gasteiger partial charge in [0.2, 0.25) is 0 Å². The number of thiazole rings is 1. The fourth-order valence-corrected chi connectivity index (χ4v) is 2.40. The van der Waals surface area contributed by atoms with Crippen LogP contribution >= 0.6 is 11.3 Å². The fraction of sp³-hybridized carbons (Fsp3) is 0.154. The minimum absolute atomic E-state index is 0.0875. The predicted octanol–water partition coefficient (Wildman–Crippen LogP) is 2.15. The first-order valence-corrected chi connectivity index (χ1v) is 6.57. The summed E-state index contributed by atoms with van der Waals surface area (Å²) >= 11 is 1.10. The Morgan fingerprint density at radius 3 is 2.65 bits per heavy atom. The minimum Gasteiger partial charge on any atom is -0.479 e. The van der Waals surface area contributed by atoms with Crippen LogP contribution in [0.25, 0.3) is 0 Å². The minimum atomic E-state index is -1.44. The largest absolute Gasteiger partial charge is 0.479 e. The van der Waals surface area contributed by atoms with Crippen LogP contribution in [-0.2, 0) is 4.79 Å². The molecule has 0 aliphatic rings. The molecule has 1 aromatic heterocycles. The summed E-state index contributed by atoms with van der Waals surface area (Å²) in [4.78, 5) is 27.5. The van der Waals surface area contributed by atoms with Gasteiger partial charge in [0.1, 0.15) is 10.7 Å². The second-order valence-corrected chi connectivity index (χ2v) is 4.89. The molecule has 0 fully saturated rings. The highest BCUT2D eigenvalue weighted by Gasteiger charge is 2.26. The van der Waals surface area contributed by atoms with E-state index in [1.165, 1.54) is 23.7 Å². The number of aryl methyl sites for hydroxylation is 1. The first-order valence-electron chi connectivity index (χ1n) is 5.69.